The molecule has 0 bridgehead atoms. The molecular weight excluding hydrogens is 450 g/mol. The molecule has 4 aromatic rings. The van der Waals surface area contributed by atoms with Crippen molar-refractivity contribution >= 4 is 33.4 Å². The summed E-state index contributed by atoms with van der Waals surface area (Å²) in [4.78, 5) is 28.7. The van der Waals surface area contributed by atoms with Gasteiger partial charge in [-0.3, -0.25) is 9.78 Å². The average Bonchev–Trinajstić information content (AvgIpc) is 2.88. The van der Waals surface area contributed by atoms with E-state index < -0.39 is 11.6 Å². The second-order valence-corrected chi connectivity index (χ2v) is 8.25. The van der Waals surface area contributed by atoms with E-state index in [1.165, 1.54) is 30.7 Å². The standard InChI is InChI=1S/C26H20F2N6O/c1-2-22(35)34-11-10-33(14-18(34)8-9-29)26-21-13-30-24(23(28)25(21)31-15-32-26)19-5-3-4-16-6-7-17(27)12-20(16)19/h2-7,12-13,15,18H,1,8,10-11,14H2/t18-/m0/s1. The number of rotatable bonds is 4. The molecule has 1 amide bonds. The van der Waals surface area contributed by atoms with Gasteiger partial charge in [-0.15, -0.1) is 0 Å². The van der Waals surface area contributed by atoms with Crippen molar-refractivity contribution in [2.75, 3.05) is 24.5 Å². The summed E-state index contributed by atoms with van der Waals surface area (Å²) in [6.07, 6.45) is 4.18. The number of pyridine rings is 1. The van der Waals surface area contributed by atoms with E-state index in [1.54, 1.807) is 23.1 Å². The minimum atomic E-state index is -0.628. The van der Waals surface area contributed by atoms with Gasteiger partial charge in [0.15, 0.2) is 5.82 Å². The molecule has 35 heavy (non-hydrogen) atoms. The van der Waals surface area contributed by atoms with Gasteiger partial charge < -0.3 is 9.80 Å². The molecule has 0 saturated carbocycles. The van der Waals surface area contributed by atoms with Crippen molar-refractivity contribution in [1.29, 1.82) is 5.26 Å². The second-order valence-electron chi connectivity index (χ2n) is 8.25. The molecule has 1 atom stereocenters. The highest BCUT2D eigenvalue weighted by Crippen LogP contribution is 2.34. The molecule has 0 N–H and O–H groups in total. The second kappa shape index (κ2) is 9.06. The number of carbonyl (C=O) groups is 1. The number of carbonyl (C=O) groups excluding carboxylic acids is 1. The summed E-state index contributed by atoms with van der Waals surface area (Å²) in [6, 6.07) is 11.4. The summed E-state index contributed by atoms with van der Waals surface area (Å²) < 4.78 is 29.7. The summed E-state index contributed by atoms with van der Waals surface area (Å²) in [5, 5.41) is 11.0. The quantitative estimate of drug-likeness (QED) is 0.415. The van der Waals surface area contributed by atoms with E-state index in [1.807, 2.05) is 11.0 Å². The van der Waals surface area contributed by atoms with Crippen LogP contribution in [-0.4, -0.2) is 51.4 Å². The highest BCUT2D eigenvalue weighted by atomic mass is 19.1. The minimum Gasteiger partial charge on any atom is -0.352 e. The number of benzene rings is 2. The fourth-order valence-electron chi connectivity index (χ4n) is 4.60. The van der Waals surface area contributed by atoms with Crippen LogP contribution in [0, 0.1) is 23.0 Å². The molecule has 174 valence electrons. The lowest BCUT2D eigenvalue weighted by atomic mass is 10.0. The summed E-state index contributed by atoms with van der Waals surface area (Å²) in [5.41, 5.74) is 0.629. The zero-order chi connectivity index (χ0) is 24.5. The molecule has 0 spiro atoms. The summed E-state index contributed by atoms with van der Waals surface area (Å²) >= 11 is 0. The Kier molecular flexibility index (Phi) is 5.79. The molecule has 1 aliphatic rings. The van der Waals surface area contributed by atoms with Crippen molar-refractivity contribution < 1.29 is 13.6 Å². The van der Waals surface area contributed by atoms with E-state index in [2.05, 4.69) is 27.6 Å². The number of hydrogen-bond donors (Lipinski definition) is 0. The molecule has 9 heteroatoms. The highest BCUT2D eigenvalue weighted by Gasteiger charge is 2.31. The smallest absolute Gasteiger partial charge is 0.246 e. The first-order chi connectivity index (χ1) is 17.0. The maximum Gasteiger partial charge on any atom is 0.246 e. The van der Waals surface area contributed by atoms with Gasteiger partial charge in [0.05, 0.1) is 23.9 Å². The third-order valence-corrected chi connectivity index (χ3v) is 6.27. The Balaban J connectivity index is 1.57. The van der Waals surface area contributed by atoms with E-state index in [4.69, 9.17) is 0 Å². The van der Waals surface area contributed by atoms with E-state index in [0.29, 0.717) is 41.8 Å². The molecular formula is C26H20F2N6O. The monoisotopic (exact) mass is 470 g/mol. The highest BCUT2D eigenvalue weighted by molar-refractivity contribution is 5.99. The Hall–Kier alpha value is -4.45. The fraction of sp³-hybridized carbons (Fsp3) is 0.192. The van der Waals surface area contributed by atoms with Crippen molar-refractivity contribution in [1.82, 2.24) is 19.9 Å². The van der Waals surface area contributed by atoms with Crippen LogP contribution in [-0.2, 0) is 4.79 Å². The number of amides is 1. The molecule has 0 aliphatic carbocycles. The lowest BCUT2D eigenvalue weighted by molar-refractivity contribution is -0.128. The minimum absolute atomic E-state index is 0.0714. The van der Waals surface area contributed by atoms with Gasteiger partial charge in [0, 0.05) is 31.4 Å². The third kappa shape index (κ3) is 3.93. The van der Waals surface area contributed by atoms with Crippen LogP contribution in [0.5, 0.6) is 0 Å². The first-order valence-electron chi connectivity index (χ1n) is 11.0. The number of hydrogen-bond acceptors (Lipinski definition) is 6. The summed E-state index contributed by atoms with van der Waals surface area (Å²) in [5.74, 6) is -0.805. The Morgan fingerprint density at radius 3 is 2.83 bits per heavy atom. The number of nitriles is 1. The lowest BCUT2D eigenvalue weighted by Crippen LogP contribution is -2.55. The molecule has 1 fully saturated rings. The van der Waals surface area contributed by atoms with Crippen molar-refractivity contribution in [3.8, 4) is 17.3 Å². The van der Waals surface area contributed by atoms with E-state index in [9.17, 15) is 14.4 Å². The predicted molar refractivity (Wildman–Crippen MR) is 128 cm³/mol. The molecule has 0 unspecified atom stereocenters. The van der Waals surface area contributed by atoms with Gasteiger partial charge in [0.1, 0.15) is 29.2 Å². The van der Waals surface area contributed by atoms with Crippen LogP contribution in [0.4, 0.5) is 14.6 Å². The summed E-state index contributed by atoms with van der Waals surface area (Å²) in [6.45, 7) is 4.71. The van der Waals surface area contributed by atoms with Crippen molar-refractivity contribution in [3.63, 3.8) is 0 Å². The van der Waals surface area contributed by atoms with Crippen LogP contribution >= 0.6 is 0 Å². The van der Waals surface area contributed by atoms with E-state index in [-0.39, 0.29) is 29.6 Å². The van der Waals surface area contributed by atoms with Crippen LogP contribution in [0.25, 0.3) is 32.9 Å². The van der Waals surface area contributed by atoms with Crippen molar-refractivity contribution in [3.05, 3.63) is 73.2 Å². The average molecular weight is 470 g/mol. The van der Waals surface area contributed by atoms with Gasteiger partial charge in [0.25, 0.3) is 0 Å². The molecule has 2 aromatic heterocycles. The van der Waals surface area contributed by atoms with E-state index in [0.717, 1.165) is 5.39 Å². The zero-order valence-electron chi connectivity index (χ0n) is 18.7. The maximum absolute atomic E-state index is 15.8. The molecule has 1 aliphatic heterocycles. The van der Waals surface area contributed by atoms with Crippen molar-refractivity contribution in [2.45, 2.75) is 12.5 Å². The third-order valence-electron chi connectivity index (χ3n) is 6.27. The Labute approximate surface area is 200 Å². The van der Waals surface area contributed by atoms with Crippen LogP contribution < -0.4 is 4.90 Å². The number of nitrogens with zero attached hydrogens (tertiary/aromatic N) is 6. The van der Waals surface area contributed by atoms with Crippen LogP contribution in [0.1, 0.15) is 6.42 Å². The molecule has 1 saturated heterocycles. The summed E-state index contributed by atoms with van der Waals surface area (Å²) in [7, 11) is 0. The van der Waals surface area contributed by atoms with Crippen LogP contribution in [0.2, 0.25) is 0 Å². The molecule has 7 nitrogen and oxygen atoms in total. The van der Waals surface area contributed by atoms with Crippen molar-refractivity contribution in [2.24, 2.45) is 0 Å². The predicted octanol–water partition coefficient (Wildman–Crippen LogP) is 4.24. The normalized spacial score (nSPS) is 15.9. The number of halogens is 2. The number of piperazine rings is 1. The van der Waals surface area contributed by atoms with E-state index >= 15 is 4.39 Å². The Morgan fingerprint density at radius 2 is 2.03 bits per heavy atom. The topological polar surface area (TPSA) is 86.0 Å². The number of fused-ring (bicyclic) bond motifs is 2. The Bertz CT molecular complexity index is 1520. The molecule has 3 heterocycles. The molecule has 2 aromatic carbocycles. The molecule has 5 rings (SSSR count). The maximum atomic E-state index is 15.8. The van der Waals surface area contributed by atoms with Gasteiger partial charge in [-0.25, -0.2) is 18.7 Å². The first kappa shape index (κ1) is 22.3. The fourth-order valence-corrected chi connectivity index (χ4v) is 4.60. The number of anilines is 1. The lowest BCUT2D eigenvalue weighted by Gasteiger charge is -2.41. The van der Waals surface area contributed by atoms with Crippen LogP contribution in [0.15, 0.2) is 61.6 Å². The number of aromatic nitrogens is 3. The van der Waals surface area contributed by atoms with Crippen LogP contribution in [0.3, 0.4) is 0 Å². The van der Waals surface area contributed by atoms with Gasteiger partial charge in [0.2, 0.25) is 5.91 Å². The van der Waals surface area contributed by atoms with Gasteiger partial charge in [-0.1, -0.05) is 30.8 Å². The Morgan fingerprint density at radius 1 is 1.17 bits per heavy atom. The zero-order valence-corrected chi connectivity index (χ0v) is 18.7. The molecule has 0 radical (unpaired) electrons. The largest absolute Gasteiger partial charge is 0.352 e. The van der Waals surface area contributed by atoms with Gasteiger partial charge in [-0.2, -0.15) is 5.26 Å². The SMILES string of the molecule is C=CC(=O)N1CCN(c2ncnc3c(F)c(-c4cccc5ccc(F)cc45)ncc23)C[C@@H]1CC#N. The van der Waals surface area contributed by atoms with Gasteiger partial charge >= 0.3 is 0 Å². The first-order valence-corrected chi connectivity index (χ1v) is 11.0. The van der Waals surface area contributed by atoms with Gasteiger partial charge in [-0.05, 0) is 29.0 Å².